The molecule has 4 heteroatoms. The molecule has 1 fully saturated rings. The van der Waals surface area contributed by atoms with Gasteiger partial charge in [-0.15, -0.1) is 0 Å². The summed E-state index contributed by atoms with van der Waals surface area (Å²) < 4.78 is 13.6. The van der Waals surface area contributed by atoms with Crippen LogP contribution in [0.5, 0.6) is 0 Å². The normalized spacial score (nSPS) is 19.7. The minimum absolute atomic E-state index is 0.221. The Morgan fingerprint density at radius 2 is 1.76 bits per heavy atom. The van der Waals surface area contributed by atoms with Crippen molar-refractivity contribution in [3.8, 4) is 0 Å². The van der Waals surface area contributed by atoms with Crippen LogP contribution in [0.15, 0.2) is 24.3 Å². The van der Waals surface area contributed by atoms with Crippen molar-refractivity contribution in [1.82, 2.24) is 9.80 Å². The lowest BCUT2D eigenvalue weighted by molar-refractivity contribution is 0.0529. The molecule has 1 unspecified atom stereocenters. The molecular formula is C17H27FN2O. The second kappa shape index (κ2) is 6.86. The van der Waals surface area contributed by atoms with E-state index in [1.807, 2.05) is 0 Å². The fraction of sp³-hybridized carbons (Fsp3) is 0.647. The molecule has 0 aliphatic carbocycles. The molecule has 1 aromatic rings. The van der Waals surface area contributed by atoms with Crippen molar-refractivity contribution in [3.05, 3.63) is 35.6 Å². The van der Waals surface area contributed by atoms with Gasteiger partial charge in [-0.2, -0.15) is 0 Å². The van der Waals surface area contributed by atoms with Crippen LogP contribution in [0.4, 0.5) is 4.39 Å². The summed E-state index contributed by atoms with van der Waals surface area (Å²) in [5, 5.41) is 10.1. The number of nitrogens with zero attached hydrogens (tertiary/aromatic N) is 2. The maximum Gasteiger partial charge on any atom is 0.128 e. The molecule has 0 bridgehead atoms. The van der Waals surface area contributed by atoms with E-state index in [1.54, 1.807) is 18.2 Å². The molecule has 0 radical (unpaired) electrons. The van der Waals surface area contributed by atoms with Crippen LogP contribution < -0.4 is 0 Å². The van der Waals surface area contributed by atoms with Crippen molar-refractivity contribution >= 4 is 0 Å². The van der Waals surface area contributed by atoms with Gasteiger partial charge in [-0.05, 0) is 33.3 Å². The number of rotatable bonds is 4. The number of aliphatic hydroxyl groups is 1. The third kappa shape index (κ3) is 4.50. The Hall–Kier alpha value is -0.970. The van der Waals surface area contributed by atoms with Gasteiger partial charge in [0.2, 0.25) is 0 Å². The molecule has 21 heavy (non-hydrogen) atoms. The molecule has 1 aromatic carbocycles. The van der Waals surface area contributed by atoms with Crippen LogP contribution in [0.25, 0.3) is 0 Å². The number of benzene rings is 1. The molecule has 2 rings (SSSR count). The second-order valence-electron chi connectivity index (χ2n) is 6.83. The average Bonchev–Trinajstić information content (AvgIpc) is 2.45. The summed E-state index contributed by atoms with van der Waals surface area (Å²) in [6.07, 6.45) is -0.136. The SMILES string of the molecule is CC(C)(C)N1CCN(CCC(O)c2ccccc2F)CC1. The molecule has 0 amide bonds. The third-order valence-electron chi connectivity index (χ3n) is 4.30. The minimum Gasteiger partial charge on any atom is -0.388 e. The summed E-state index contributed by atoms with van der Waals surface area (Å²) in [7, 11) is 0. The molecule has 0 aromatic heterocycles. The zero-order valence-electron chi connectivity index (χ0n) is 13.3. The minimum atomic E-state index is -0.716. The zero-order valence-corrected chi connectivity index (χ0v) is 13.3. The van der Waals surface area contributed by atoms with Crippen molar-refractivity contribution in [2.45, 2.75) is 38.8 Å². The molecule has 0 saturated carbocycles. The van der Waals surface area contributed by atoms with Gasteiger partial charge in [0.05, 0.1) is 6.10 Å². The summed E-state index contributed by atoms with van der Waals surface area (Å²) in [6.45, 7) is 11.7. The smallest absolute Gasteiger partial charge is 0.128 e. The topological polar surface area (TPSA) is 26.7 Å². The summed E-state index contributed by atoms with van der Waals surface area (Å²) >= 11 is 0. The summed E-state index contributed by atoms with van der Waals surface area (Å²) in [5.74, 6) is -0.317. The van der Waals surface area contributed by atoms with E-state index in [0.717, 1.165) is 32.7 Å². The highest BCUT2D eigenvalue weighted by Crippen LogP contribution is 2.21. The van der Waals surface area contributed by atoms with E-state index in [2.05, 4.69) is 30.6 Å². The summed E-state index contributed by atoms with van der Waals surface area (Å²) in [5.41, 5.74) is 0.629. The van der Waals surface area contributed by atoms with Gasteiger partial charge < -0.3 is 10.0 Å². The van der Waals surface area contributed by atoms with Crippen molar-refractivity contribution in [3.63, 3.8) is 0 Å². The second-order valence-corrected chi connectivity index (χ2v) is 6.83. The molecule has 3 nitrogen and oxygen atoms in total. The first-order valence-corrected chi connectivity index (χ1v) is 7.78. The summed E-state index contributed by atoms with van der Waals surface area (Å²) in [4.78, 5) is 4.84. The Kier molecular flexibility index (Phi) is 5.36. The molecule has 1 aliphatic heterocycles. The Morgan fingerprint density at radius 3 is 2.33 bits per heavy atom. The van der Waals surface area contributed by atoms with Crippen LogP contribution in [0.1, 0.15) is 38.9 Å². The first-order valence-electron chi connectivity index (χ1n) is 7.78. The molecule has 1 atom stereocenters. The molecule has 118 valence electrons. The highest BCUT2D eigenvalue weighted by Gasteiger charge is 2.26. The Morgan fingerprint density at radius 1 is 1.14 bits per heavy atom. The van der Waals surface area contributed by atoms with Gasteiger partial charge in [-0.3, -0.25) is 4.90 Å². The van der Waals surface area contributed by atoms with Crippen LogP contribution in [0.2, 0.25) is 0 Å². The van der Waals surface area contributed by atoms with Gasteiger partial charge in [0.15, 0.2) is 0 Å². The fourth-order valence-corrected chi connectivity index (χ4v) is 2.85. The van der Waals surface area contributed by atoms with E-state index in [0.29, 0.717) is 12.0 Å². The molecule has 1 heterocycles. The summed E-state index contributed by atoms with van der Waals surface area (Å²) in [6, 6.07) is 6.49. The molecule has 1 N–H and O–H groups in total. The molecule has 1 saturated heterocycles. The van der Waals surface area contributed by atoms with E-state index < -0.39 is 6.10 Å². The quantitative estimate of drug-likeness (QED) is 0.925. The number of hydrogen-bond donors (Lipinski definition) is 1. The van der Waals surface area contributed by atoms with Gasteiger partial charge in [0, 0.05) is 43.8 Å². The third-order valence-corrected chi connectivity index (χ3v) is 4.30. The van der Waals surface area contributed by atoms with Crippen LogP contribution in [-0.4, -0.2) is 53.2 Å². The maximum absolute atomic E-state index is 13.6. The van der Waals surface area contributed by atoms with Gasteiger partial charge in [0.25, 0.3) is 0 Å². The van der Waals surface area contributed by atoms with E-state index in [1.165, 1.54) is 6.07 Å². The Labute approximate surface area is 127 Å². The fourth-order valence-electron chi connectivity index (χ4n) is 2.85. The van der Waals surface area contributed by atoms with Crippen molar-refractivity contribution in [2.24, 2.45) is 0 Å². The predicted molar refractivity (Wildman–Crippen MR) is 83.7 cm³/mol. The van der Waals surface area contributed by atoms with Gasteiger partial charge in [-0.25, -0.2) is 4.39 Å². The van der Waals surface area contributed by atoms with Crippen molar-refractivity contribution in [2.75, 3.05) is 32.7 Å². The zero-order chi connectivity index (χ0) is 15.5. The lowest BCUT2D eigenvalue weighted by Gasteiger charge is -2.42. The average molecular weight is 294 g/mol. The van der Waals surface area contributed by atoms with E-state index >= 15 is 0 Å². The van der Waals surface area contributed by atoms with Crippen LogP contribution in [0, 0.1) is 5.82 Å². The lowest BCUT2D eigenvalue weighted by atomic mass is 10.0. The standard InChI is InChI=1S/C17H27FN2O/c1-17(2,3)20-12-10-19(11-13-20)9-8-16(21)14-6-4-5-7-15(14)18/h4-7,16,21H,8-13H2,1-3H3. The molecule has 0 spiro atoms. The van der Waals surface area contributed by atoms with Crippen LogP contribution >= 0.6 is 0 Å². The first kappa shape index (κ1) is 16.4. The van der Waals surface area contributed by atoms with E-state index in [-0.39, 0.29) is 11.4 Å². The first-order chi connectivity index (χ1) is 9.88. The highest BCUT2D eigenvalue weighted by molar-refractivity contribution is 5.19. The largest absolute Gasteiger partial charge is 0.388 e. The van der Waals surface area contributed by atoms with Gasteiger partial charge >= 0.3 is 0 Å². The highest BCUT2D eigenvalue weighted by atomic mass is 19.1. The predicted octanol–water partition coefficient (Wildman–Crippen LogP) is 2.67. The number of halogens is 1. The molecular weight excluding hydrogens is 267 g/mol. The van der Waals surface area contributed by atoms with Crippen LogP contribution in [-0.2, 0) is 0 Å². The van der Waals surface area contributed by atoms with Gasteiger partial charge in [-0.1, -0.05) is 18.2 Å². The van der Waals surface area contributed by atoms with Crippen LogP contribution in [0.3, 0.4) is 0 Å². The Bertz CT molecular complexity index is 450. The van der Waals surface area contributed by atoms with E-state index in [4.69, 9.17) is 0 Å². The van der Waals surface area contributed by atoms with Gasteiger partial charge in [0.1, 0.15) is 5.82 Å². The number of aliphatic hydroxyl groups excluding tert-OH is 1. The Balaban J connectivity index is 1.79. The lowest BCUT2D eigenvalue weighted by Crippen LogP contribution is -2.53. The number of hydrogen-bond acceptors (Lipinski definition) is 3. The van der Waals surface area contributed by atoms with Crippen molar-refractivity contribution in [1.29, 1.82) is 0 Å². The van der Waals surface area contributed by atoms with Crippen molar-refractivity contribution < 1.29 is 9.50 Å². The maximum atomic E-state index is 13.6. The molecule has 1 aliphatic rings. The number of piperazine rings is 1. The monoisotopic (exact) mass is 294 g/mol. The van der Waals surface area contributed by atoms with E-state index in [9.17, 15) is 9.50 Å².